The van der Waals surface area contributed by atoms with Gasteiger partial charge in [0.2, 0.25) is 0 Å². The molecule has 0 nitrogen and oxygen atoms in total. The Kier molecular flexibility index (Phi) is 5.22. The molecule has 0 saturated carbocycles. The van der Waals surface area contributed by atoms with E-state index in [0.717, 1.165) is 0 Å². The Morgan fingerprint density at radius 1 is 1.00 bits per heavy atom. The molecule has 0 N–H and O–H groups in total. The first kappa shape index (κ1) is 13.2. The second-order valence-electron chi connectivity index (χ2n) is 3.77. The average Bonchev–Trinajstić information content (AvgIpc) is 2.38. The predicted molar refractivity (Wildman–Crippen MR) is 78.8 cm³/mol. The molecule has 1 aromatic rings. The molecule has 0 heteroatoms. The molecule has 0 saturated heterocycles. The van der Waals surface area contributed by atoms with Gasteiger partial charge in [0.15, 0.2) is 0 Å². The summed E-state index contributed by atoms with van der Waals surface area (Å²) in [7, 11) is 0. The summed E-state index contributed by atoms with van der Waals surface area (Å²) in [5.74, 6) is 0. The highest BCUT2D eigenvalue weighted by Crippen LogP contribution is 2.22. The van der Waals surface area contributed by atoms with E-state index in [1.165, 1.54) is 22.3 Å². The minimum atomic E-state index is 1.17. The first-order valence-electron chi connectivity index (χ1n) is 5.95. The van der Waals surface area contributed by atoms with Gasteiger partial charge in [-0.2, -0.15) is 0 Å². The Morgan fingerprint density at radius 2 is 1.59 bits per heavy atom. The van der Waals surface area contributed by atoms with E-state index in [1.807, 2.05) is 19.9 Å². The van der Waals surface area contributed by atoms with Crippen molar-refractivity contribution in [1.29, 1.82) is 0 Å². The number of allylic oxidation sites excluding steroid dienone is 7. The summed E-state index contributed by atoms with van der Waals surface area (Å²) in [6, 6.07) is 8.54. The van der Waals surface area contributed by atoms with Crippen molar-refractivity contribution in [2.24, 2.45) is 0 Å². The summed E-state index contributed by atoms with van der Waals surface area (Å²) in [5, 5.41) is 0. The fourth-order valence-electron chi connectivity index (χ4n) is 1.82. The van der Waals surface area contributed by atoms with E-state index < -0.39 is 0 Å². The maximum absolute atomic E-state index is 3.84. The van der Waals surface area contributed by atoms with Crippen LogP contribution in [0, 0.1) is 0 Å². The largest absolute Gasteiger partial charge is 0.0985 e. The molecule has 0 unspecified atom stereocenters. The van der Waals surface area contributed by atoms with E-state index in [9.17, 15) is 0 Å². The van der Waals surface area contributed by atoms with Gasteiger partial charge in [0.25, 0.3) is 0 Å². The zero-order chi connectivity index (χ0) is 12.7. The molecule has 0 spiro atoms. The third-order valence-corrected chi connectivity index (χ3v) is 2.72. The van der Waals surface area contributed by atoms with Gasteiger partial charge in [-0.15, -0.1) is 0 Å². The lowest BCUT2D eigenvalue weighted by atomic mass is 9.98. The molecule has 0 aliphatic rings. The predicted octanol–water partition coefficient (Wildman–Crippen LogP) is 5.26. The first-order valence-corrected chi connectivity index (χ1v) is 5.95. The molecule has 0 radical (unpaired) electrons. The Bertz CT molecular complexity index is 471. The van der Waals surface area contributed by atoms with Gasteiger partial charge in [-0.05, 0) is 49.1 Å². The molecule has 0 fully saturated rings. The van der Waals surface area contributed by atoms with Gasteiger partial charge in [0, 0.05) is 0 Å². The normalized spacial score (nSPS) is 13.1. The molecule has 88 valence electrons. The number of hydrogen-bond acceptors (Lipinski definition) is 0. The quantitative estimate of drug-likeness (QED) is 0.612. The van der Waals surface area contributed by atoms with Crippen molar-refractivity contribution >= 4 is 11.1 Å². The van der Waals surface area contributed by atoms with Crippen molar-refractivity contribution in [2.45, 2.75) is 20.8 Å². The second kappa shape index (κ2) is 6.70. The van der Waals surface area contributed by atoms with Crippen LogP contribution in [-0.2, 0) is 0 Å². The Balaban J connectivity index is 3.21. The lowest BCUT2D eigenvalue weighted by Crippen LogP contribution is -1.85. The summed E-state index contributed by atoms with van der Waals surface area (Å²) < 4.78 is 0. The van der Waals surface area contributed by atoms with Crippen molar-refractivity contribution in [3.05, 3.63) is 72.4 Å². The van der Waals surface area contributed by atoms with Crippen LogP contribution in [0.3, 0.4) is 0 Å². The summed E-state index contributed by atoms with van der Waals surface area (Å²) in [6.07, 6.45) is 10.3. The van der Waals surface area contributed by atoms with Crippen molar-refractivity contribution in [1.82, 2.24) is 0 Å². The molecule has 0 bridgehead atoms. The van der Waals surface area contributed by atoms with Crippen LogP contribution in [0.2, 0.25) is 0 Å². The Labute approximate surface area is 105 Å². The second-order valence-corrected chi connectivity index (χ2v) is 3.77. The topological polar surface area (TPSA) is 0 Å². The molecular formula is C17H20. The van der Waals surface area contributed by atoms with E-state index in [-0.39, 0.29) is 0 Å². The average molecular weight is 224 g/mol. The third kappa shape index (κ3) is 3.32. The molecule has 0 aliphatic heterocycles. The maximum Gasteiger partial charge on any atom is -0.0181 e. The van der Waals surface area contributed by atoms with Crippen LogP contribution in [0.1, 0.15) is 31.9 Å². The Hall–Kier alpha value is -1.82. The minimum Gasteiger partial charge on any atom is -0.0985 e. The van der Waals surface area contributed by atoms with Crippen LogP contribution in [-0.4, -0.2) is 0 Å². The molecule has 0 amide bonds. The van der Waals surface area contributed by atoms with E-state index in [0.29, 0.717) is 0 Å². The lowest BCUT2D eigenvalue weighted by Gasteiger charge is -2.06. The summed E-state index contributed by atoms with van der Waals surface area (Å²) in [6.45, 7) is 9.97. The molecule has 17 heavy (non-hydrogen) atoms. The zero-order valence-electron chi connectivity index (χ0n) is 10.9. The van der Waals surface area contributed by atoms with Crippen LogP contribution in [0.25, 0.3) is 11.1 Å². The molecule has 1 aromatic carbocycles. The summed E-state index contributed by atoms with van der Waals surface area (Å²) in [4.78, 5) is 0. The van der Waals surface area contributed by atoms with E-state index in [1.54, 1.807) is 0 Å². The van der Waals surface area contributed by atoms with Gasteiger partial charge in [0.05, 0.1) is 0 Å². The molecule has 0 heterocycles. The van der Waals surface area contributed by atoms with Gasteiger partial charge in [-0.3, -0.25) is 0 Å². The number of hydrogen-bond donors (Lipinski definition) is 0. The van der Waals surface area contributed by atoms with Crippen LogP contribution in [0.5, 0.6) is 0 Å². The molecule has 1 rings (SSSR count). The van der Waals surface area contributed by atoms with Crippen molar-refractivity contribution in [3.63, 3.8) is 0 Å². The van der Waals surface area contributed by atoms with Gasteiger partial charge in [-0.1, -0.05) is 55.2 Å². The highest BCUT2D eigenvalue weighted by Gasteiger charge is 2.00. The molecular weight excluding hydrogens is 204 g/mol. The van der Waals surface area contributed by atoms with Crippen LogP contribution in [0.4, 0.5) is 0 Å². The van der Waals surface area contributed by atoms with Gasteiger partial charge >= 0.3 is 0 Å². The van der Waals surface area contributed by atoms with Crippen molar-refractivity contribution < 1.29 is 0 Å². The number of benzene rings is 1. The lowest BCUT2D eigenvalue weighted by molar-refractivity contribution is 1.54. The number of rotatable bonds is 4. The van der Waals surface area contributed by atoms with Gasteiger partial charge in [-0.25, -0.2) is 0 Å². The summed E-state index contributed by atoms with van der Waals surface area (Å²) in [5.41, 5.74) is 4.87. The van der Waals surface area contributed by atoms with E-state index >= 15 is 0 Å². The summed E-state index contributed by atoms with van der Waals surface area (Å²) >= 11 is 0. The van der Waals surface area contributed by atoms with Gasteiger partial charge < -0.3 is 0 Å². The smallest absolute Gasteiger partial charge is 0.0181 e. The van der Waals surface area contributed by atoms with E-state index in [4.69, 9.17) is 0 Å². The Morgan fingerprint density at radius 3 is 2.06 bits per heavy atom. The molecule has 0 aliphatic carbocycles. The minimum absolute atomic E-state index is 1.17. The van der Waals surface area contributed by atoms with Crippen LogP contribution in [0.15, 0.2) is 61.2 Å². The maximum atomic E-state index is 3.84. The fourth-order valence-corrected chi connectivity index (χ4v) is 1.82. The highest BCUT2D eigenvalue weighted by molar-refractivity contribution is 5.79. The van der Waals surface area contributed by atoms with E-state index in [2.05, 4.69) is 62.1 Å². The van der Waals surface area contributed by atoms with Crippen molar-refractivity contribution in [3.8, 4) is 0 Å². The van der Waals surface area contributed by atoms with Crippen molar-refractivity contribution in [2.75, 3.05) is 0 Å². The van der Waals surface area contributed by atoms with Crippen LogP contribution >= 0.6 is 0 Å². The molecule has 0 aromatic heterocycles. The highest BCUT2D eigenvalue weighted by atomic mass is 14.0. The SMILES string of the molecule is C=C/C(=C\C)c1cccc(C(/C=C\C)=C/C)c1. The van der Waals surface area contributed by atoms with Crippen LogP contribution < -0.4 is 0 Å². The monoisotopic (exact) mass is 224 g/mol. The third-order valence-electron chi connectivity index (χ3n) is 2.72. The zero-order valence-corrected chi connectivity index (χ0v) is 10.9. The first-order chi connectivity index (χ1) is 8.26. The fraction of sp³-hybridized carbons (Fsp3) is 0.176. The van der Waals surface area contributed by atoms with Gasteiger partial charge in [0.1, 0.15) is 0 Å². The standard InChI is InChI=1S/C17H20/c1-5-10-15(8-4)17-12-9-11-16(13-17)14(6-2)7-3/h5-13H,2H2,1,3-4H3/b10-5-,14-7+,15-8+. The molecule has 0 atom stereocenters.